The third-order valence-corrected chi connectivity index (χ3v) is 2.96. The van der Waals surface area contributed by atoms with Crippen molar-refractivity contribution in [2.75, 3.05) is 13.1 Å². The third kappa shape index (κ3) is 3.39. The number of halogens is 3. The number of rotatable bonds is 2. The highest BCUT2D eigenvalue weighted by atomic mass is 19.4. The maximum Gasteiger partial charge on any atom is 0.419 e. The van der Waals surface area contributed by atoms with Crippen LogP contribution in [0.1, 0.15) is 24.2 Å². The van der Waals surface area contributed by atoms with Gasteiger partial charge in [-0.05, 0) is 31.8 Å². The number of hydrogen-bond acceptors (Lipinski definition) is 3. The van der Waals surface area contributed by atoms with E-state index in [1.54, 1.807) is 0 Å². The van der Waals surface area contributed by atoms with Crippen LogP contribution < -0.4 is 5.32 Å². The molecule has 0 radical (unpaired) electrons. The molecule has 0 amide bonds. The Morgan fingerprint density at radius 3 is 2.29 bits per heavy atom. The Morgan fingerprint density at radius 1 is 1.18 bits per heavy atom. The molecule has 1 aromatic rings. The van der Waals surface area contributed by atoms with Gasteiger partial charge in [-0.15, -0.1) is 0 Å². The van der Waals surface area contributed by atoms with Crippen LogP contribution in [0, 0.1) is 5.92 Å². The van der Waals surface area contributed by atoms with E-state index in [1.807, 2.05) is 0 Å². The van der Waals surface area contributed by atoms with Crippen LogP contribution in [-0.2, 0) is 12.6 Å². The van der Waals surface area contributed by atoms with Crippen molar-refractivity contribution in [2.45, 2.75) is 25.4 Å². The van der Waals surface area contributed by atoms with Gasteiger partial charge in [-0.2, -0.15) is 13.2 Å². The second-order valence-electron chi connectivity index (χ2n) is 4.28. The van der Waals surface area contributed by atoms with Crippen LogP contribution in [0.4, 0.5) is 13.2 Å². The Balaban J connectivity index is 1.98. The monoisotopic (exact) mass is 245 g/mol. The van der Waals surface area contributed by atoms with E-state index < -0.39 is 11.7 Å². The van der Waals surface area contributed by atoms with Crippen molar-refractivity contribution < 1.29 is 13.2 Å². The van der Waals surface area contributed by atoms with Crippen LogP contribution in [0.15, 0.2) is 12.4 Å². The molecule has 0 spiro atoms. The average molecular weight is 245 g/mol. The maximum atomic E-state index is 12.3. The summed E-state index contributed by atoms with van der Waals surface area (Å²) in [5, 5.41) is 3.24. The van der Waals surface area contributed by atoms with Crippen molar-refractivity contribution in [3.05, 3.63) is 23.8 Å². The molecule has 1 aliphatic rings. The highest BCUT2D eigenvalue weighted by Crippen LogP contribution is 2.28. The maximum absolute atomic E-state index is 12.3. The molecule has 1 saturated heterocycles. The third-order valence-electron chi connectivity index (χ3n) is 2.96. The van der Waals surface area contributed by atoms with Gasteiger partial charge in [0.05, 0.1) is 5.56 Å². The summed E-state index contributed by atoms with van der Waals surface area (Å²) in [6.07, 6.45) is 0.106. The molecule has 0 bridgehead atoms. The molecule has 1 N–H and O–H groups in total. The van der Waals surface area contributed by atoms with Crippen molar-refractivity contribution in [3.8, 4) is 0 Å². The lowest BCUT2D eigenvalue weighted by atomic mass is 9.94. The summed E-state index contributed by atoms with van der Waals surface area (Å²) in [6.45, 7) is 1.93. The molecule has 0 unspecified atom stereocenters. The zero-order valence-electron chi connectivity index (χ0n) is 9.30. The van der Waals surface area contributed by atoms with Crippen LogP contribution in [-0.4, -0.2) is 23.1 Å². The Hall–Kier alpha value is -1.17. The lowest BCUT2D eigenvalue weighted by Gasteiger charge is -2.21. The number of alkyl halides is 3. The fourth-order valence-electron chi connectivity index (χ4n) is 1.95. The molecule has 0 aliphatic carbocycles. The molecule has 0 aromatic carbocycles. The summed E-state index contributed by atoms with van der Waals surface area (Å²) in [5.74, 6) is 0.984. The first kappa shape index (κ1) is 12.3. The number of nitrogens with zero attached hydrogens (tertiary/aromatic N) is 2. The van der Waals surface area contributed by atoms with Gasteiger partial charge in [0.1, 0.15) is 5.82 Å². The van der Waals surface area contributed by atoms with Crippen molar-refractivity contribution in [3.63, 3.8) is 0 Å². The van der Waals surface area contributed by atoms with E-state index in [0.717, 1.165) is 38.3 Å². The molecule has 94 valence electrons. The quantitative estimate of drug-likeness (QED) is 0.866. The van der Waals surface area contributed by atoms with Crippen LogP contribution in [0.5, 0.6) is 0 Å². The fourth-order valence-corrected chi connectivity index (χ4v) is 1.95. The van der Waals surface area contributed by atoms with Gasteiger partial charge < -0.3 is 5.32 Å². The fraction of sp³-hybridized carbons (Fsp3) is 0.636. The van der Waals surface area contributed by atoms with Gasteiger partial charge >= 0.3 is 6.18 Å². The zero-order valence-corrected chi connectivity index (χ0v) is 9.30. The van der Waals surface area contributed by atoms with E-state index in [9.17, 15) is 13.2 Å². The van der Waals surface area contributed by atoms with E-state index in [-0.39, 0.29) is 0 Å². The van der Waals surface area contributed by atoms with Gasteiger partial charge in [0.15, 0.2) is 0 Å². The predicted octanol–water partition coefficient (Wildman–Crippen LogP) is 2.04. The molecule has 6 heteroatoms. The first-order valence-electron chi connectivity index (χ1n) is 5.64. The Bertz CT molecular complexity index is 355. The molecule has 1 aliphatic heterocycles. The van der Waals surface area contributed by atoms with Crippen LogP contribution in [0.25, 0.3) is 0 Å². The van der Waals surface area contributed by atoms with Gasteiger partial charge in [-0.3, -0.25) is 0 Å². The standard InChI is InChI=1S/C11H14F3N3/c12-11(13,14)9-6-16-10(17-7-9)5-8-1-3-15-4-2-8/h6-8,15H,1-5H2. The lowest BCUT2D eigenvalue weighted by Crippen LogP contribution is -2.29. The van der Waals surface area contributed by atoms with E-state index in [1.165, 1.54) is 0 Å². The van der Waals surface area contributed by atoms with Gasteiger partial charge in [-0.25, -0.2) is 9.97 Å². The molecular formula is C11H14F3N3. The van der Waals surface area contributed by atoms with Gasteiger partial charge in [0.25, 0.3) is 0 Å². The highest BCUT2D eigenvalue weighted by molar-refractivity contribution is 5.09. The minimum absolute atomic E-state index is 0.480. The summed E-state index contributed by atoms with van der Waals surface area (Å²) < 4.78 is 36.9. The number of aromatic nitrogens is 2. The largest absolute Gasteiger partial charge is 0.419 e. The molecular weight excluding hydrogens is 231 g/mol. The Labute approximate surface area is 97.5 Å². The zero-order chi connectivity index (χ0) is 12.3. The van der Waals surface area contributed by atoms with Gasteiger partial charge in [0.2, 0.25) is 0 Å². The minimum Gasteiger partial charge on any atom is -0.317 e. The number of hydrogen-bond donors (Lipinski definition) is 1. The smallest absolute Gasteiger partial charge is 0.317 e. The van der Waals surface area contributed by atoms with E-state index >= 15 is 0 Å². The minimum atomic E-state index is -4.35. The normalized spacial score (nSPS) is 18.3. The molecule has 1 fully saturated rings. The molecule has 2 rings (SSSR count). The van der Waals surface area contributed by atoms with E-state index in [0.29, 0.717) is 18.2 Å². The molecule has 2 heterocycles. The Kier molecular flexibility index (Phi) is 3.61. The SMILES string of the molecule is FC(F)(F)c1cnc(CC2CCNCC2)nc1. The first-order chi connectivity index (χ1) is 8.05. The van der Waals surface area contributed by atoms with Crippen LogP contribution in [0.3, 0.4) is 0 Å². The molecule has 1 aromatic heterocycles. The van der Waals surface area contributed by atoms with Gasteiger partial charge in [0, 0.05) is 18.8 Å². The second-order valence-corrected chi connectivity index (χ2v) is 4.28. The number of nitrogens with one attached hydrogen (secondary N) is 1. The first-order valence-corrected chi connectivity index (χ1v) is 5.64. The van der Waals surface area contributed by atoms with Crippen LogP contribution in [0.2, 0.25) is 0 Å². The molecule has 3 nitrogen and oxygen atoms in total. The summed E-state index contributed by atoms with van der Waals surface area (Å²) in [5.41, 5.74) is -0.786. The second kappa shape index (κ2) is 5.00. The topological polar surface area (TPSA) is 37.8 Å². The van der Waals surface area contributed by atoms with E-state index in [4.69, 9.17) is 0 Å². The van der Waals surface area contributed by atoms with Crippen molar-refractivity contribution in [1.29, 1.82) is 0 Å². The average Bonchev–Trinajstić information content (AvgIpc) is 2.30. The lowest BCUT2D eigenvalue weighted by molar-refractivity contribution is -0.138. The molecule has 0 atom stereocenters. The van der Waals surface area contributed by atoms with Crippen molar-refractivity contribution in [2.24, 2.45) is 5.92 Å². The predicted molar refractivity (Wildman–Crippen MR) is 56.3 cm³/mol. The summed E-state index contributed by atoms with van der Waals surface area (Å²) in [7, 11) is 0. The summed E-state index contributed by atoms with van der Waals surface area (Å²) in [4.78, 5) is 7.58. The summed E-state index contributed by atoms with van der Waals surface area (Å²) in [6, 6.07) is 0. The van der Waals surface area contributed by atoms with Crippen LogP contribution >= 0.6 is 0 Å². The van der Waals surface area contributed by atoms with E-state index in [2.05, 4.69) is 15.3 Å². The highest BCUT2D eigenvalue weighted by Gasteiger charge is 2.31. The van der Waals surface area contributed by atoms with Crippen molar-refractivity contribution in [1.82, 2.24) is 15.3 Å². The Morgan fingerprint density at radius 2 is 1.76 bits per heavy atom. The number of piperidine rings is 1. The van der Waals surface area contributed by atoms with Crippen molar-refractivity contribution >= 4 is 0 Å². The summed E-state index contributed by atoms with van der Waals surface area (Å²) >= 11 is 0. The van der Waals surface area contributed by atoms with Gasteiger partial charge in [-0.1, -0.05) is 0 Å². The molecule has 0 saturated carbocycles. The molecule has 17 heavy (non-hydrogen) atoms.